The van der Waals surface area contributed by atoms with Gasteiger partial charge in [0.05, 0.1) is 5.69 Å². The number of hydrogen-bond donors (Lipinski definition) is 1. The Bertz CT molecular complexity index is 868. The van der Waals surface area contributed by atoms with E-state index in [-0.39, 0.29) is 12.6 Å². The first-order valence-electron chi connectivity index (χ1n) is 7.46. The van der Waals surface area contributed by atoms with Crippen molar-refractivity contribution < 1.29 is 4.74 Å². The van der Waals surface area contributed by atoms with Crippen LogP contribution in [0.25, 0.3) is 11.1 Å². The molecule has 0 saturated carbocycles. The van der Waals surface area contributed by atoms with E-state index in [2.05, 4.69) is 16.0 Å². The Morgan fingerprint density at radius 3 is 2.75 bits per heavy atom. The fourth-order valence-electron chi connectivity index (χ4n) is 2.25. The largest absolute Gasteiger partial charge is 0.469 e. The highest BCUT2D eigenvalue weighted by Gasteiger charge is 2.13. The second-order valence-corrected chi connectivity index (χ2v) is 6.20. The molecule has 0 spiro atoms. The van der Waals surface area contributed by atoms with Gasteiger partial charge in [-0.3, -0.25) is 0 Å². The molecule has 6 heteroatoms. The van der Waals surface area contributed by atoms with E-state index in [1.807, 2.05) is 48.7 Å². The lowest BCUT2D eigenvalue weighted by molar-refractivity contribution is 0.292. The molecule has 0 fully saturated rings. The van der Waals surface area contributed by atoms with Gasteiger partial charge in [-0.05, 0) is 18.6 Å². The maximum Gasteiger partial charge on any atom is 0.232 e. The number of rotatable bonds is 5. The molecule has 0 amide bonds. The number of pyridine rings is 1. The molecule has 0 aliphatic heterocycles. The Balaban J connectivity index is 1.84. The van der Waals surface area contributed by atoms with Crippen LogP contribution >= 0.6 is 11.3 Å². The molecule has 2 N–H and O–H groups in total. The van der Waals surface area contributed by atoms with Crippen LogP contribution in [0.4, 0.5) is 0 Å². The molecule has 3 rings (SSSR count). The van der Waals surface area contributed by atoms with Crippen LogP contribution < -0.4 is 10.5 Å². The molecule has 5 nitrogen and oxygen atoms in total. The highest BCUT2D eigenvalue weighted by atomic mass is 32.1. The van der Waals surface area contributed by atoms with E-state index >= 15 is 0 Å². The summed E-state index contributed by atoms with van der Waals surface area (Å²) in [6.07, 6.45) is 1.65. The highest BCUT2D eigenvalue weighted by molar-refractivity contribution is 7.09. The Morgan fingerprint density at radius 1 is 1.29 bits per heavy atom. The summed E-state index contributed by atoms with van der Waals surface area (Å²) in [5.74, 6) is 0.316. The number of nitrogens with two attached hydrogens (primary N) is 1. The van der Waals surface area contributed by atoms with Gasteiger partial charge in [0.25, 0.3) is 0 Å². The minimum absolute atomic E-state index is 0.107. The lowest BCUT2D eigenvalue weighted by Crippen LogP contribution is -2.06. The fourth-order valence-corrected chi connectivity index (χ4v) is 3.06. The van der Waals surface area contributed by atoms with Gasteiger partial charge in [0, 0.05) is 23.2 Å². The van der Waals surface area contributed by atoms with E-state index in [1.54, 1.807) is 6.20 Å². The molecule has 2 heterocycles. The van der Waals surface area contributed by atoms with Gasteiger partial charge in [-0.2, -0.15) is 5.26 Å². The summed E-state index contributed by atoms with van der Waals surface area (Å²) >= 11 is 1.48. The normalized spacial score (nSPS) is 11.7. The van der Waals surface area contributed by atoms with Crippen LogP contribution in [0.1, 0.15) is 29.2 Å². The van der Waals surface area contributed by atoms with E-state index < -0.39 is 0 Å². The summed E-state index contributed by atoms with van der Waals surface area (Å²) in [7, 11) is 0. The van der Waals surface area contributed by atoms with Gasteiger partial charge in [0.15, 0.2) is 0 Å². The second-order valence-electron chi connectivity index (χ2n) is 5.26. The quantitative estimate of drug-likeness (QED) is 0.768. The standard InChI is InChI=1S/C18H16N4OS/c1-12(20)16-11-24-17(22-16)10-23-18-15(9-19)14(7-8-21-18)13-5-3-2-4-6-13/h2-8,11-12H,10,20H2,1H3/t12-/m1/s1. The molecule has 3 aromatic rings. The van der Waals surface area contributed by atoms with Crippen LogP contribution in [0.2, 0.25) is 0 Å². The molecule has 24 heavy (non-hydrogen) atoms. The predicted octanol–water partition coefficient (Wildman–Crippen LogP) is 3.68. The number of benzene rings is 1. The fraction of sp³-hybridized carbons (Fsp3) is 0.167. The van der Waals surface area contributed by atoms with E-state index in [0.717, 1.165) is 21.8 Å². The molecule has 1 aromatic carbocycles. The first-order valence-corrected chi connectivity index (χ1v) is 8.34. The number of nitriles is 1. The smallest absolute Gasteiger partial charge is 0.232 e. The number of thiazole rings is 1. The van der Waals surface area contributed by atoms with Crippen LogP contribution in [-0.4, -0.2) is 9.97 Å². The SMILES string of the molecule is C[C@@H](N)c1csc(COc2nccc(-c3ccccc3)c2C#N)n1. The Hall–Kier alpha value is -2.75. The van der Waals surface area contributed by atoms with Crippen molar-refractivity contribution in [3.8, 4) is 23.1 Å². The van der Waals surface area contributed by atoms with Crippen molar-refractivity contribution in [2.24, 2.45) is 5.73 Å². The zero-order chi connectivity index (χ0) is 16.9. The van der Waals surface area contributed by atoms with Gasteiger partial charge >= 0.3 is 0 Å². The maximum atomic E-state index is 9.54. The van der Waals surface area contributed by atoms with Gasteiger partial charge in [-0.1, -0.05) is 30.3 Å². The molecular weight excluding hydrogens is 320 g/mol. The minimum atomic E-state index is -0.107. The molecule has 0 saturated heterocycles. The van der Waals surface area contributed by atoms with Crippen molar-refractivity contribution >= 4 is 11.3 Å². The zero-order valence-corrected chi connectivity index (χ0v) is 14.0. The van der Waals surface area contributed by atoms with Crippen molar-refractivity contribution in [1.29, 1.82) is 5.26 Å². The monoisotopic (exact) mass is 336 g/mol. The average Bonchev–Trinajstić information content (AvgIpc) is 3.09. The van der Waals surface area contributed by atoms with Crippen molar-refractivity contribution in [3.63, 3.8) is 0 Å². The summed E-state index contributed by atoms with van der Waals surface area (Å²) in [6.45, 7) is 2.15. The molecule has 0 unspecified atom stereocenters. The van der Waals surface area contributed by atoms with E-state index in [0.29, 0.717) is 11.4 Å². The average molecular weight is 336 g/mol. The first kappa shape index (κ1) is 16.1. The van der Waals surface area contributed by atoms with Crippen molar-refractivity contribution in [1.82, 2.24) is 9.97 Å². The van der Waals surface area contributed by atoms with Gasteiger partial charge in [0.2, 0.25) is 5.88 Å². The Morgan fingerprint density at radius 2 is 2.08 bits per heavy atom. The van der Waals surface area contributed by atoms with Crippen LogP contribution in [0.5, 0.6) is 5.88 Å². The third-order valence-corrected chi connectivity index (χ3v) is 4.32. The molecule has 120 valence electrons. The third-order valence-electron chi connectivity index (χ3n) is 3.48. The van der Waals surface area contributed by atoms with Crippen molar-refractivity contribution in [2.45, 2.75) is 19.6 Å². The van der Waals surface area contributed by atoms with Gasteiger partial charge < -0.3 is 10.5 Å². The lowest BCUT2D eigenvalue weighted by atomic mass is 10.0. The van der Waals surface area contributed by atoms with Gasteiger partial charge in [0.1, 0.15) is 23.2 Å². The first-order chi connectivity index (χ1) is 11.7. The van der Waals surface area contributed by atoms with E-state index in [9.17, 15) is 5.26 Å². The second kappa shape index (κ2) is 7.21. The number of nitrogens with zero attached hydrogens (tertiary/aromatic N) is 3. The molecule has 0 aliphatic rings. The summed E-state index contributed by atoms with van der Waals surface area (Å²) in [5, 5.41) is 12.3. The minimum Gasteiger partial charge on any atom is -0.469 e. The Labute approximate surface area is 144 Å². The summed E-state index contributed by atoms with van der Waals surface area (Å²) in [4.78, 5) is 8.62. The highest BCUT2D eigenvalue weighted by Crippen LogP contribution is 2.29. The van der Waals surface area contributed by atoms with Gasteiger partial charge in [-0.15, -0.1) is 11.3 Å². The Kier molecular flexibility index (Phi) is 4.85. The lowest BCUT2D eigenvalue weighted by Gasteiger charge is -2.09. The summed E-state index contributed by atoms with van der Waals surface area (Å²) < 4.78 is 5.74. The molecule has 1 atom stereocenters. The van der Waals surface area contributed by atoms with Crippen LogP contribution in [0.15, 0.2) is 48.0 Å². The van der Waals surface area contributed by atoms with E-state index in [1.165, 1.54) is 11.3 Å². The molecule has 2 aromatic heterocycles. The summed E-state index contributed by atoms with van der Waals surface area (Å²) in [5.41, 5.74) is 8.83. The molecular formula is C18H16N4OS. The van der Waals surface area contributed by atoms with Crippen molar-refractivity contribution in [3.05, 3.63) is 64.2 Å². The van der Waals surface area contributed by atoms with Crippen LogP contribution in [0.3, 0.4) is 0 Å². The maximum absolute atomic E-state index is 9.54. The molecule has 0 bridgehead atoms. The number of aromatic nitrogens is 2. The molecule has 0 radical (unpaired) electrons. The van der Waals surface area contributed by atoms with E-state index in [4.69, 9.17) is 10.5 Å². The third kappa shape index (κ3) is 3.43. The summed E-state index contributed by atoms with van der Waals surface area (Å²) in [6, 6.07) is 13.6. The van der Waals surface area contributed by atoms with Crippen molar-refractivity contribution in [2.75, 3.05) is 0 Å². The zero-order valence-electron chi connectivity index (χ0n) is 13.1. The molecule has 0 aliphatic carbocycles. The predicted molar refractivity (Wildman–Crippen MR) is 93.4 cm³/mol. The van der Waals surface area contributed by atoms with Gasteiger partial charge in [-0.25, -0.2) is 9.97 Å². The number of hydrogen-bond acceptors (Lipinski definition) is 6. The topological polar surface area (TPSA) is 84.8 Å². The van der Waals surface area contributed by atoms with Crippen LogP contribution in [0, 0.1) is 11.3 Å². The number of ether oxygens (including phenoxy) is 1. The van der Waals surface area contributed by atoms with Crippen LogP contribution in [-0.2, 0) is 6.61 Å².